The van der Waals surface area contributed by atoms with Crippen molar-refractivity contribution < 1.29 is 5.11 Å². The zero-order valence-corrected chi connectivity index (χ0v) is 21.8. The third-order valence-electron chi connectivity index (χ3n) is 11.9. The molecule has 4 rings (SSSR count). The van der Waals surface area contributed by atoms with Gasteiger partial charge in [-0.25, -0.2) is 0 Å². The molecule has 0 saturated heterocycles. The van der Waals surface area contributed by atoms with E-state index in [-0.39, 0.29) is 6.10 Å². The van der Waals surface area contributed by atoms with Gasteiger partial charge < -0.3 is 5.11 Å². The SMILES string of the molecule is CC[C@H](CC[C@H](C)[C@@H]1CC[C@@H]2[C@]3(C)CC=C4C[C@@H](O)CC[C@]4(C)[C@@H]3CC[C@@]21C)C(C)C. The largest absolute Gasteiger partial charge is 0.393 e. The standard InChI is InChI=1S/C30H52O/c1-8-22(20(2)3)10-9-21(4)25-11-12-26-29(25,6)18-15-27-28(5)17-14-24(31)19-23(28)13-16-30(26,27)7/h13,20-22,24-27,31H,8-12,14-19H2,1-7H3/t21-,22+,24-,25-,26-,27-,28-,29+,30-/m0/s1. The zero-order valence-electron chi connectivity index (χ0n) is 21.8. The van der Waals surface area contributed by atoms with Gasteiger partial charge in [0, 0.05) is 0 Å². The Morgan fingerprint density at radius 1 is 0.935 bits per heavy atom. The Hall–Kier alpha value is -0.300. The van der Waals surface area contributed by atoms with Gasteiger partial charge in [0.15, 0.2) is 0 Å². The fraction of sp³-hybridized carbons (Fsp3) is 0.933. The maximum absolute atomic E-state index is 10.3. The van der Waals surface area contributed by atoms with E-state index >= 15 is 0 Å². The maximum atomic E-state index is 10.3. The molecule has 0 amide bonds. The van der Waals surface area contributed by atoms with Crippen molar-refractivity contribution in [2.45, 2.75) is 125 Å². The smallest absolute Gasteiger partial charge is 0.0577 e. The van der Waals surface area contributed by atoms with E-state index in [0.717, 1.165) is 48.3 Å². The number of hydrogen-bond donors (Lipinski definition) is 1. The summed E-state index contributed by atoms with van der Waals surface area (Å²) < 4.78 is 0. The van der Waals surface area contributed by atoms with Crippen molar-refractivity contribution in [1.82, 2.24) is 0 Å². The molecule has 3 saturated carbocycles. The Kier molecular flexibility index (Phi) is 6.53. The minimum atomic E-state index is -0.0907. The fourth-order valence-electron chi connectivity index (χ4n) is 9.96. The maximum Gasteiger partial charge on any atom is 0.0577 e. The number of hydrogen-bond acceptors (Lipinski definition) is 1. The monoisotopic (exact) mass is 428 g/mol. The second-order valence-electron chi connectivity index (χ2n) is 13.6. The highest BCUT2D eigenvalue weighted by Crippen LogP contribution is 2.71. The number of allylic oxidation sites excluding steroid dienone is 1. The van der Waals surface area contributed by atoms with Crippen LogP contribution in [0.2, 0.25) is 0 Å². The number of rotatable bonds is 6. The first-order valence-electron chi connectivity index (χ1n) is 13.9. The summed E-state index contributed by atoms with van der Waals surface area (Å²) in [6.07, 6.45) is 16.9. The zero-order chi connectivity index (χ0) is 22.6. The number of aliphatic hydroxyl groups excluding tert-OH is 1. The third-order valence-corrected chi connectivity index (χ3v) is 11.9. The van der Waals surface area contributed by atoms with Gasteiger partial charge in [0.1, 0.15) is 0 Å². The molecule has 4 aliphatic rings. The molecule has 0 bridgehead atoms. The summed E-state index contributed by atoms with van der Waals surface area (Å²) >= 11 is 0. The molecule has 0 aromatic carbocycles. The van der Waals surface area contributed by atoms with E-state index in [1.807, 2.05) is 0 Å². The highest BCUT2D eigenvalue weighted by molar-refractivity contribution is 5.28. The van der Waals surface area contributed by atoms with Crippen molar-refractivity contribution in [3.05, 3.63) is 11.6 Å². The molecule has 1 nitrogen and oxygen atoms in total. The van der Waals surface area contributed by atoms with Gasteiger partial charge in [0.25, 0.3) is 0 Å². The van der Waals surface area contributed by atoms with Gasteiger partial charge in [-0.3, -0.25) is 0 Å². The lowest BCUT2D eigenvalue weighted by atomic mass is 9.41. The number of aliphatic hydroxyl groups is 1. The van der Waals surface area contributed by atoms with Gasteiger partial charge in [-0.05, 0) is 110 Å². The molecule has 0 aromatic rings. The molecule has 0 aliphatic heterocycles. The molecule has 0 aromatic heterocycles. The Morgan fingerprint density at radius 3 is 2.35 bits per heavy atom. The highest BCUT2D eigenvalue weighted by Gasteiger charge is 2.63. The van der Waals surface area contributed by atoms with Crippen molar-refractivity contribution in [1.29, 1.82) is 0 Å². The molecular weight excluding hydrogens is 376 g/mol. The Morgan fingerprint density at radius 2 is 1.68 bits per heavy atom. The van der Waals surface area contributed by atoms with Crippen molar-refractivity contribution in [2.75, 3.05) is 0 Å². The van der Waals surface area contributed by atoms with Gasteiger partial charge in [0.05, 0.1) is 6.10 Å². The second kappa shape index (κ2) is 8.48. The van der Waals surface area contributed by atoms with E-state index in [2.05, 4.69) is 54.5 Å². The van der Waals surface area contributed by atoms with Crippen molar-refractivity contribution >= 4 is 0 Å². The van der Waals surface area contributed by atoms with E-state index in [0.29, 0.717) is 16.2 Å². The number of fused-ring (bicyclic) bond motifs is 5. The second-order valence-corrected chi connectivity index (χ2v) is 13.6. The van der Waals surface area contributed by atoms with Crippen LogP contribution < -0.4 is 0 Å². The Labute approximate surface area is 193 Å². The molecule has 0 radical (unpaired) electrons. The average molecular weight is 429 g/mol. The first-order valence-corrected chi connectivity index (χ1v) is 13.9. The quantitative estimate of drug-likeness (QED) is 0.421. The van der Waals surface area contributed by atoms with Gasteiger partial charge in [0.2, 0.25) is 0 Å². The molecule has 1 N–H and O–H groups in total. The van der Waals surface area contributed by atoms with E-state index in [4.69, 9.17) is 0 Å². The summed E-state index contributed by atoms with van der Waals surface area (Å²) in [4.78, 5) is 0. The van der Waals surface area contributed by atoms with Crippen LogP contribution in [0.4, 0.5) is 0 Å². The molecule has 1 heteroatoms. The van der Waals surface area contributed by atoms with Crippen molar-refractivity contribution in [3.8, 4) is 0 Å². The van der Waals surface area contributed by atoms with Crippen LogP contribution in [-0.2, 0) is 0 Å². The summed E-state index contributed by atoms with van der Waals surface area (Å²) in [7, 11) is 0. The first-order chi connectivity index (χ1) is 14.6. The van der Waals surface area contributed by atoms with Crippen LogP contribution >= 0.6 is 0 Å². The summed E-state index contributed by atoms with van der Waals surface area (Å²) in [5, 5.41) is 10.3. The molecule has 9 atom stereocenters. The normalized spacial score (nSPS) is 46.7. The fourth-order valence-corrected chi connectivity index (χ4v) is 9.96. The van der Waals surface area contributed by atoms with Gasteiger partial charge in [-0.1, -0.05) is 73.0 Å². The Bertz CT molecular complexity index is 678. The molecule has 178 valence electrons. The molecule has 0 heterocycles. The van der Waals surface area contributed by atoms with E-state index in [1.54, 1.807) is 5.57 Å². The predicted octanol–water partition coefficient (Wildman–Crippen LogP) is 8.41. The van der Waals surface area contributed by atoms with Crippen LogP contribution in [0, 0.1) is 51.8 Å². The summed E-state index contributed by atoms with van der Waals surface area (Å²) in [5.74, 6) is 5.25. The Balaban J connectivity index is 1.53. The molecule has 0 spiro atoms. The van der Waals surface area contributed by atoms with Crippen molar-refractivity contribution in [3.63, 3.8) is 0 Å². The summed E-state index contributed by atoms with van der Waals surface area (Å²) in [6, 6.07) is 0. The van der Waals surface area contributed by atoms with Crippen LogP contribution in [0.1, 0.15) is 119 Å². The van der Waals surface area contributed by atoms with Crippen LogP contribution in [0.25, 0.3) is 0 Å². The molecule has 0 unspecified atom stereocenters. The first kappa shape index (κ1) is 23.8. The van der Waals surface area contributed by atoms with Crippen molar-refractivity contribution in [2.24, 2.45) is 51.8 Å². The van der Waals surface area contributed by atoms with E-state index < -0.39 is 0 Å². The molecular formula is C30H52O. The van der Waals surface area contributed by atoms with Crippen LogP contribution in [-0.4, -0.2) is 11.2 Å². The predicted molar refractivity (Wildman–Crippen MR) is 133 cm³/mol. The molecule has 31 heavy (non-hydrogen) atoms. The van der Waals surface area contributed by atoms with Gasteiger partial charge in [-0.15, -0.1) is 0 Å². The van der Waals surface area contributed by atoms with Crippen LogP contribution in [0.5, 0.6) is 0 Å². The van der Waals surface area contributed by atoms with Gasteiger partial charge in [-0.2, -0.15) is 0 Å². The topological polar surface area (TPSA) is 20.2 Å². The van der Waals surface area contributed by atoms with E-state index in [1.165, 1.54) is 57.8 Å². The molecule has 3 fully saturated rings. The summed E-state index contributed by atoms with van der Waals surface area (Å²) in [5.41, 5.74) is 2.97. The third kappa shape index (κ3) is 3.77. The van der Waals surface area contributed by atoms with Gasteiger partial charge >= 0.3 is 0 Å². The minimum Gasteiger partial charge on any atom is -0.393 e. The minimum absolute atomic E-state index is 0.0907. The molecule has 4 aliphatic carbocycles. The lowest BCUT2D eigenvalue weighted by molar-refractivity contribution is -0.114. The van der Waals surface area contributed by atoms with Crippen LogP contribution in [0.3, 0.4) is 0 Å². The lowest BCUT2D eigenvalue weighted by Gasteiger charge is -2.63. The summed E-state index contributed by atoms with van der Waals surface area (Å²) in [6.45, 7) is 17.8. The highest BCUT2D eigenvalue weighted by atomic mass is 16.3. The van der Waals surface area contributed by atoms with Crippen LogP contribution in [0.15, 0.2) is 11.6 Å². The van der Waals surface area contributed by atoms with E-state index in [9.17, 15) is 5.11 Å². The average Bonchev–Trinajstić information content (AvgIpc) is 3.07. The lowest BCUT2D eigenvalue weighted by Crippen LogP contribution is -2.56.